The number of aryl methyl sites for hydroxylation is 1. The van der Waals surface area contributed by atoms with Gasteiger partial charge in [-0.05, 0) is 31.0 Å². The van der Waals surface area contributed by atoms with Crippen molar-refractivity contribution < 1.29 is 8.42 Å². The summed E-state index contributed by atoms with van der Waals surface area (Å²) in [6.07, 6.45) is 4.90. The first-order valence-electron chi connectivity index (χ1n) is 8.36. The maximum absolute atomic E-state index is 13.0. The Hall–Kier alpha value is -2.03. The lowest BCUT2D eigenvalue weighted by Gasteiger charge is -2.31. The average Bonchev–Trinajstić information content (AvgIpc) is 2.99. The Bertz CT molecular complexity index is 1070. The van der Waals surface area contributed by atoms with E-state index in [1.807, 2.05) is 7.05 Å². The first-order valence-corrected chi connectivity index (χ1v) is 10.2. The number of halogens is 1. The molecular weight excluding hydrogens is 374 g/mol. The Morgan fingerprint density at radius 2 is 2.04 bits per heavy atom. The molecule has 1 saturated heterocycles. The van der Waals surface area contributed by atoms with Crippen molar-refractivity contribution in [3.63, 3.8) is 0 Å². The molecule has 0 saturated carbocycles. The molecule has 1 aliphatic heterocycles. The third kappa shape index (κ3) is 2.98. The molecule has 1 aliphatic rings. The fraction of sp³-hybridized carbons (Fsp3) is 0.353. The van der Waals surface area contributed by atoms with Gasteiger partial charge in [0.05, 0.1) is 10.6 Å². The van der Waals surface area contributed by atoms with Crippen LogP contribution in [0.5, 0.6) is 0 Å². The number of hydrogen-bond donors (Lipinski definition) is 0. The first kappa shape index (κ1) is 17.4. The molecule has 3 aromatic rings. The van der Waals surface area contributed by atoms with E-state index in [-0.39, 0.29) is 10.8 Å². The predicted octanol–water partition coefficient (Wildman–Crippen LogP) is 2.59. The molecule has 0 bridgehead atoms. The second kappa shape index (κ2) is 6.61. The van der Waals surface area contributed by atoms with E-state index in [0.717, 1.165) is 24.1 Å². The largest absolute Gasteiger partial charge is 0.249 e. The van der Waals surface area contributed by atoms with Crippen LogP contribution in [0.3, 0.4) is 0 Å². The molecule has 2 aromatic heterocycles. The van der Waals surface area contributed by atoms with Crippen LogP contribution in [0.1, 0.15) is 24.5 Å². The lowest BCUT2D eigenvalue weighted by molar-refractivity contribution is 0.312. The molecule has 1 aromatic carbocycles. The minimum Gasteiger partial charge on any atom is -0.249 e. The highest BCUT2D eigenvalue weighted by Crippen LogP contribution is 2.32. The van der Waals surface area contributed by atoms with Crippen molar-refractivity contribution in [3.8, 4) is 0 Å². The summed E-state index contributed by atoms with van der Waals surface area (Å²) in [5.41, 5.74) is 2.25. The van der Waals surface area contributed by atoms with Crippen LogP contribution in [-0.2, 0) is 17.1 Å². The number of fused-ring (bicyclic) bond motifs is 1. The van der Waals surface area contributed by atoms with Crippen LogP contribution in [0.15, 0.2) is 41.6 Å². The van der Waals surface area contributed by atoms with Crippen molar-refractivity contribution in [1.82, 2.24) is 24.1 Å². The third-order valence-electron chi connectivity index (χ3n) is 4.69. The lowest BCUT2D eigenvalue weighted by Crippen LogP contribution is -2.39. The van der Waals surface area contributed by atoms with Crippen LogP contribution < -0.4 is 0 Å². The SMILES string of the molecule is Cn1nc([C@@H]2CCCN(S(=O)(=O)c3cccc(Cl)c3)C2)c2nccnc21. The van der Waals surface area contributed by atoms with E-state index in [1.165, 1.54) is 10.4 Å². The van der Waals surface area contributed by atoms with Crippen molar-refractivity contribution >= 4 is 32.8 Å². The van der Waals surface area contributed by atoms with E-state index < -0.39 is 10.0 Å². The second-order valence-electron chi connectivity index (χ2n) is 6.40. The molecule has 0 N–H and O–H groups in total. The Balaban J connectivity index is 1.67. The molecule has 0 amide bonds. The van der Waals surface area contributed by atoms with Crippen LogP contribution in [0.25, 0.3) is 11.2 Å². The van der Waals surface area contributed by atoms with E-state index >= 15 is 0 Å². The molecule has 0 spiro atoms. The van der Waals surface area contributed by atoms with Crippen molar-refractivity contribution in [2.75, 3.05) is 13.1 Å². The molecular formula is C17H18ClN5O2S. The Morgan fingerprint density at radius 1 is 1.23 bits per heavy atom. The molecule has 1 fully saturated rings. The average molecular weight is 392 g/mol. The standard InChI is InChI=1S/C17H18ClN5O2S/c1-22-17-16(19-7-8-20-17)15(21-22)12-4-3-9-23(11-12)26(24,25)14-6-2-5-13(18)10-14/h2,5-8,10,12H,3-4,9,11H2,1H3/t12-/m1/s1. The first-order chi connectivity index (χ1) is 12.5. The Kier molecular flexibility index (Phi) is 4.42. The third-order valence-corrected chi connectivity index (χ3v) is 6.79. The zero-order valence-electron chi connectivity index (χ0n) is 14.2. The van der Waals surface area contributed by atoms with Gasteiger partial charge >= 0.3 is 0 Å². The quantitative estimate of drug-likeness (QED) is 0.685. The molecule has 9 heteroatoms. The van der Waals surface area contributed by atoms with Gasteiger partial charge in [-0.15, -0.1) is 0 Å². The number of hydrogen-bond acceptors (Lipinski definition) is 5. The summed E-state index contributed by atoms with van der Waals surface area (Å²) in [7, 11) is -1.77. The summed E-state index contributed by atoms with van der Waals surface area (Å²) in [4.78, 5) is 8.93. The number of rotatable bonds is 3. The fourth-order valence-electron chi connectivity index (χ4n) is 3.44. The molecule has 136 valence electrons. The maximum atomic E-state index is 13.0. The van der Waals surface area contributed by atoms with Gasteiger partial charge in [-0.2, -0.15) is 9.40 Å². The number of nitrogens with zero attached hydrogens (tertiary/aromatic N) is 5. The minimum absolute atomic E-state index is 0.0156. The highest BCUT2D eigenvalue weighted by molar-refractivity contribution is 7.89. The van der Waals surface area contributed by atoms with Gasteiger partial charge in [-0.3, -0.25) is 0 Å². The summed E-state index contributed by atoms with van der Waals surface area (Å²) >= 11 is 5.97. The van der Waals surface area contributed by atoms with Crippen molar-refractivity contribution in [1.29, 1.82) is 0 Å². The topological polar surface area (TPSA) is 81.0 Å². The van der Waals surface area contributed by atoms with Crippen molar-refractivity contribution in [2.45, 2.75) is 23.7 Å². The van der Waals surface area contributed by atoms with Gasteiger partial charge in [0.1, 0.15) is 5.52 Å². The summed E-state index contributed by atoms with van der Waals surface area (Å²) in [6.45, 7) is 0.860. The highest BCUT2D eigenvalue weighted by atomic mass is 35.5. The number of piperidine rings is 1. The van der Waals surface area contributed by atoms with Crippen LogP contribution in [0.4, 0.5) is 0 Å². The normalized spacial score (nSPS) is 19.1. The van der Waals surface area contributed by atoms with Crippen LogP contribution >= 0.6 is 11.6 Å². The molecule has 4 rings (SSSR count). The van der Waals surface area contributed by atoms with E-state index in [1.54, 1.807) is 35.3 Å². The molecule has 0 aliphatic carbocycles. The number of aromatic nitrogens is 4. The summed E-state index contributed by atoms with van der Waals surface area (Å²) in [5, 5.41) is 4.97. The maximum Gasteiger partial charge on any atom is 0.243 e. The van der Waals surface area contributed by atoms with Crippen LogP contribution in [0, 0.1) is 0 Å². The molecule has 0 unspecified atom stereocenters. The van der Waals surface area contributed by atoms with E-state index in [2.05, 4.69) is 15.1 Å². The van der Waals surface area contributed by atoms with E-state index in [9.17, 15) is 8.42 Å². The van der Waals surface area contributed by atoms with Gasteiger partial charge in [0.15, 0.2) is 5.65 Å². The Labute approximate surface area is 156 Å². The second-order valence-corrected chi connectivity index (χ2v) is 8.77. The predicted molar refractivity (Wildman–Crippen MR) is 98.5 cm³/mol. The van der Waals surface area contributed by atoms with E-state index in [0.29, 0.717) is 23.8 Å². The van der Waals surface area contributed by atoms with Gasteiger partial charge in [0, 0.05) is 43.5 Å². The summed E-state index contributed by atoms with van der Waals surface area (Å²) < 4.78 is 29.2. The fourth-order valence-corrected chi connectivity index (χ4v) is 5.27. The molecule has 3 heterocycles. The van der Waals surface area contributed by atoms with Gasteiger partial charge < -0.3 is 0 Å². The monoisotopic (exact) mass is 391 g/mol. The molecule has 26 heavy (non-hydrogen) atoms. The van der Waals surface area contributed by atoms with Gasteiger partial charge in [-0.25, -0.2) is 23.1 Å². The van der Waals surface area contributed by atoms with Gasteiger partial charge in [0.2, 0.25) is 10.0 Å². The van der Waals surface area contributed by atoms with Crippen molar-refractivity contribution in [2.24, 2.45) is 7.05 Å². The minimum atomic E-state index is -3.59. The van der Waals surface area contributed by atoms with Gasteiger partial charge in [0.25, 0.3) is 0 Å². The van der Waals surface area contributed by atoms with Gasteiger partial charge in [-0.1, -0.05) is 17.7 Å². The number of sulfonamides is 1. The Morgan fingerprint density at radius 3 is 2.85 bits per heavy atom. The van der Waals surface area contributed by atoms with Crippen molar-refractivity contribution in [3.05, 3.63) is 47.4 Å². The summed E-state index contributed by atoms with van der Waals surface area (Å²) in [5.74, 6) is -0.0156. The molecule has 1 atom stereocenters. The zero-order chi connectivity index (χ0) is 18.3. The molecule has 7 nitrogen and oxygen atoms in total. The number of benzene rings is 1. The zero-order valence-corrected chi connectivity index (χ0v) is 15.8. The van der Waals surface area contributed by atoms with Crippen LogP contribution in [0.2, 0.25) is 5.02 Å². The van der Waals surface area contributed by atoms with E-state index in [4.69, 9.17) is 11.6 Å². The highest BCUT2D eigenvalue weighted by Gasteiger charge is 2.33. The lowest BCUT2D eigenvalue weighted by atomic mass is 9.96. The summed E-state index contributed by atoms with van der Waals surface area (Å²) in [6, 6.07) is 6.38. The smallest absolute Gasteiger partial charge is 0.243 e. The van der Waals surface area contributed by atoms with Crippen LogP contribution in [-0.4, -0.2) is 45.6 Å². The molecule has 0 radical (unpaired) electrons.